The molecule has 276 valence electrons. The number of carbonyl (C=O) groups excluding carboxylic acids is 1. The molecule has 2 aromatic carbocycles. The summed E-state index contributed by atoms with van der Waals surface area (Å²) in [5.74, 6) is 0.213. The third kappa shape index (κ3) is 7.99. The fourth-order valence-corrected chi connectivity index (χ4v) is 6.81. The van der Waals surface area contributed by atoms with Gasteiger partial charge >= 0.3 is 0 Å². The van der Waals surface area contributed by atoms with Gasteiger partial charge in [-0.3, -0.25) is 23.9 Å². The predicted molar refractivity (Wildman–Crippen MR) is 202 cm³/mol. The molecule has 2 aliphatic rings. The lowest BCUT2D eigenvalue weighted by molar-refractivity contribution is -0.119. The highest BCUT2D eigenvalue weighted by Gasteiger charge is 2.26. The second-order valence-corrected chi connectivity index (χ2v) is 13.5. The van der Waals surface area contributed by atoms with Crippen molar-refractivity contribution in [2.45, 2.75) is 32.3 Å². The summed E-state index contributed by atoms with van der Waals surface area (Å²) in [6.45, 7) is 6.91. The number of fused-ring (bicyclic) bond motifs is 1. The van der Waals surface area contributed by atoms with Crippen LogP contribution in [0.1, 0.15) is 36.8 Å². The number of pyridine rings is 2. The fourth-order valence-electron chi connectivity index (χ4n) is 6.81. The zero-order valence-electron chi connectivity index (χ0n) is 29.8. The van der Waals surface area contributed by atoms with E-state index in [4.69, 9.17) is 4.74 Å². The molecule has 13 nitrogen and oxygen atoms in total. The van der Waals surface area contributed by atoms with E-state index in [0.29, 0.717) is 59.4 Å². The molecule has 0 radical (unpaired) electrons. The Morgan fingerprint density at radius 3 is 2.57 bits per heavy atom. The van der Waals surface area contributed by atoms with E-state index in [0.717, 1.165) is 56.8 Å². The summed E-state index contributed by atoms with van der Waals surface area (Å²) in [7, 11) is 1.61. The molecule has 4 heterocycles. The zero-order chi connectivity index (χ0) is 37.1. The summed E-state index contributed by atoms with van der Waals surface area (Å²) in [4.78, 5) is 51.7. The third-order valence-corrected chi connectivity index (χ3v) is 9.85. The molecule has 2 fully saturated rings. The topological polar surface area (TPSA) is 147 Å². The summed E-state index contributed by atoms with van der Waals surface area (Å²) in [6, 6.07) is 14.0. The number of hydrogen-bond donors (Lipinski definition) is 3. The van der Waals surface area contributed by atoms with Gasteiger partial charge in [-0.1, -0.05) is 18.2 Å². The number of anilines is 3. The Morgan fingerprint density at radius 1 is 1.04 bits per heavy atom. The Balaban J connectivity index is 1.06. The third-order valence-electron chi connectivity index (χ3n) is 9.85. The summed E-state index contributed by atoms with van der Waals surface area (Å²) < 4.78 is 23.7. The van der Waals surface area contributed by atoms with Crippen LogP contribution < -0.4 is 26.7 Å². The number of aliphatic hydroxyl groups is 1. The first-order valence-electron chi connectivity index (χ1n) is 17.9. The van der Waals surface area contributed by atoms with Crippen LogP contribution in [0.3, 0.4) is 0 Å². The molecule has 1 aliphatic heterocycles. The van der Waals surface area contributed by atoms with E-state index in [1.807, 2.05) is 12.1 Å². The van der Waals surface area contributed by atoms with Gasteiger partial charge < -0.3 is 29.9 Å². The van der Waals surface area contributed by atoms with Crippen LogP contribution in [0.25, 0.3) is 27.7 Å². The van der Waals surface area contributed by atoms with Gasteiger partial charge in [-0.2, -0.15) is 0 Å². The van der Waals surface area contributed by atoms with Crippen molar-refractivity contribution in [1.29, 1.82) is 0 Å². The summed E-state index contributed by atoms with van der Waals surface area (Å²) in [5, 5.41) is 16.9. The number of nitrogens with one attached hydrogen (secondary N) is 2. The van der Waals surface area contributed by atoms with Crippen molar-refractivity contribution in [2.24, 2.45) is 7.05 Å². The lowest BCUT2D eigenvalue weighted by atomic mass is 10.0. The number of aromatic nitrogens is 4. The Labute approximate surface area is 305 Å². The number of carbonyl (C=O) groups is 1. The number of nitrogens with zero attached hydrogens (tertiary/aromatic N) is 6. The molecule has 5 aromatic rings. The van der Waals surface area contributed by atoms with Crippen molar-refractivity contribution in [3.63, 3.8) is 0 Å². The van der Waals surface area contributed by atoms with Gasteiger partial charge in [0.05, 0.1) is 48.5 Å². The maximum atomic E-state index is 15.3. The van der Waals surface area contributed by atoms with Crippen LogP contribution in [0.4, 0.5) is 21.7 Å². The number of halogens is 1. The van der Waals surface area contributed by atoms with Crippen molar-refractivity contribution < 1.29 is 19.0 Å². The van der Waals surface area contributed by atoms with Crippen LogP contribution in [0.2, 0.25) is 0 Å². The first-order valence-corrected chi connectivity index (χ1v) is 17.9. The van der Waals surface area contributed by atoms with Crippen LogP contribution >= 0.6 is 0 Å². The molecular weight excluding hydrogens is 679 g/mol. The van der Waals surface area contributed by atoms with E-state index in [-0.39, 0.29) is 22.7 Å². The maximum absolute atomic E-state index is 15.3. The molecule has 3 N–H and O–H groups in total. The van der Waals surface area contributed by atoms with Crippen molar-refractivity contribution >= 4 is 34.0 Å². The minimum Gasteiger partial charge on any atom is -0.392 e. The predicted octanol–water partition coefficient (Wildman–Crippen LogP) is 3.67. The number of ether oxygens (including phenoxy) is 1. The number of hydrogen-bond acceptors (Lipinski definition) is 10. The average Bonchev–Trinajstić information content (AvgIpc) is 4.01. The summed E-state index contributed by atoms with van der Waals surface area (Å²) in [5.41, 5.74) is 2.67. The van der Waals surface area contributed by atoms with Gasteiger partial charge in [-0.05, 0) is 60.0 Å². The van der Waals surface area contributed by atoms with E-state index >= 15 is 4.39 Å². The number of benzene rings is 2. The lowest BCUT2D eigenvalue weighted by Crippen LogP contribution is -2.47. The largest absolute Gasteiger partial charge is 0.392 e. The van der Waals surface area contributed by atoms with Crippen molar-refractivity contribution in [2.75, 3.05) is 62.7 Å². The Morgan fingerprint density at radius 2 is 1.85 bits per heavy atom. The molecule has 0 spiro atoms. The number of aryl methyl sites for hydroxylation is 1. The molecule has 1 saturated carbocycles. The Hall–Kier alpha value is -5.44. The van der Waals surface area contributed by atoms with Gasteiger partial charge in [0.1, 0.15) is 11.6 Å². The lowest BCUT2D eigenvalue weighted by Gasteiger charge is -2.35. The van der Waals surface area contributed by atoms with Crippen LogP contribution in [-0.2, 0) is 23.2 Å². The van der Waals surface area contributed by atoms with E-state index in [2.05, 4.69) is 30.4 Å². The molecule has 1 saturated heterocycles. The minimum absolute atomic E-state index is 0.00314. The average molecular weight is 723 g/mol. The molecule has 0 unspecified atom stereocenters. The van der Waals surface area contributed by atoms with Crippen molar-refractivity contribution in [3.8, 4) is 16.9 Å². The van der Waals surface area contributed by atoms with Crippen LogP contribution in [0.15, 0.2) is 76.7 Å². The highest BCUT2D eigenvalue weighted by Crippen LogP contribution is 2.41. The zero-order valence-corrected chi connectivity index (χ0v) is 29.8. The molecule has 0 bridgehead atoms. The molecule has 0 atom stereocenters. The normalized spacial score (nSPS) is 14.8. The molecule has 1 amide bonds. The number of amides is 1. The van der Waals surface area contributed by atoms with Crippen LogP contribution in [0.5, 0.6) is 0 Å². The van der Waals surface area contributed by atoms with E-state index in [1.54, 1.807) is 56.0 Å². The van der Waals surface area contributed by atoms with Crippen LogP contribution in [0, 0.1) is 5.82 Å². The quantitative estimate of drug-likeness (QED) is 0.154. The highest BCUT2D eigenvalue weighted by atomic mass is 19.1. The van der Waals surface area contributed by atoms with Gasteiger partial charge in [0.25, 0.3) is 11.1 Å². The molecule has 7 rings (SSSR count). The standard InChI is InChI=1S/C39H43FN8O5/c1-25(50)41-11-18-53-19-17-46-13-15-47(16-14-46)29-8-9-35(42-22-29)44-37-39(52)45(2)23-33(43-37)30-4-3-5-34(31(30)24-49)48-12-10-27-20-28(26-6-7-26)21-32(40)36(27)38(48)51/h3-5,8-10,12,20-23,26,49H,6-7,11,13-19,24H2,1-2H3,(H,41,50)(H,42,43,44). The first-order chi connectivity index (χ1) is 25.7. The summed E-state index contributed by atoms with van der Waals surface area (Å²) >= 11 is 0. The highest BCUT2D eigenvalue weighted by molar-refractivity contribution is 5.84. The second kappa shape index (κ2) is 15.7. The van der Waals surface area contributed by atoms with Crippen molar-refractivity contribution in [1.82, 2.24) is 29.3 Å². The smallest absolute Gasteiger partial charge is 0.293 e. The van der Waals surface area contributed by atoms with Gasteiger partial charge in [-0.25, -0.2) is 14.4 Å². The van der Waals surface area contributed by atoms with Crippen molar-refractivity contribution in [3.05, 3.63) is 105 Å². The fraction of sp³-hybridized carbons (Fsp3) is 0.359. The van der Waals surface area contributed by atoms with Gasteiger partial charge in [-0.15, -0.1) is 0 Å². The molecular formula is C39H43FN8O5. The van der Waals surface area contributed by atoms with E-state index in [9.17, 15) is 19.5 Å². The van der Waals surface area contributed by atoms with E-state index in [1.165, 1.54) is 22.1 Å². The number of rotatable bonds is 13. The molecule has 14 heteroatoms. The first kappa shape index (κ1) is 35.9. The molecule has 53 heavy (non-hydrogen) atoms. The number of piperazine rings is 1. The van der Waals surface area contributed by atoms with Gasteiger partial charge in [0.2, 0.25) is 5.91 Å². The summed E-state index contributed by atoms with van der Waals surface area (Å²) in [6.07, 6.45) is 6.98. The molecule has 3 aromatic heterocycles. The monoisotopic (exact) mass is 722 g/mol. The molecule has 1 aliphatic carbocycles. The SMILES string of the molecule is CC(=O)NCCOCCN1CCN(c2ccc(Nc3nc(-c4cccc(-n5ccc6cc(C7CC7)cc(F)c6c5=O)c4CO)cn(C)c3=O)nc2)CC1. The van der Waals surface area contributed by atoms with Gasteiger partial charge in [0.15, 0.2) is 5.82 Å². The Kier molecular flexibility index (Phi) is 10.6. The Bertz CT molecular complexity index is 2240. The second-order valence-electron chi connectivity index (χ2n) is 13.5. The van der Waals surface area contributed by atoms with Crippen LogP contribution in [-0.4, -0.2) is 87.5 Å². The number of aliphatic hydroxyl groups excluding tert-OH is 1. The van der Waals surface area contributed by atoms with E-state index < -0.39 is 18.0 Å². The minimum atomic E-state index is -0.556. The maximum Gasteiger partial charge on any atom is 0.293 e. The van der Waals surface area contributed by atoms with Gasteiger partial charge in [0, 0.05) is 76.8 Å².